The van der Waals surface area contributed by atoms with Crippen LogP contribution in [0.3, 0.4) is 0 Å². The average molecular weight is 474 g/mol. The number of carbonyl (C=O) groups excluding carboxylic acids is 1. The van der Waals surface area contributed by atoms with Crippen molar-refractivity contribution in [1.82, 2.24) is 14.8 Å². The van der Waals surface area contributed by atoms with E-state index in [1.54, 1.807) is 32.4 Å². The molecule has 0 fully saturated rings. The highest BCUT2D eigenvalue weighted by molar-refractivity contribution is 5.99. The summed E-state index contributed by atoms with van der Waals surface area (Å²) in [5.74, 6) is 2.29. The SMILES string of the molecule is COc1ccc(CNc2nc(NCc3ccc(OC)cc3)n(C(=O)c3ccccc3OC)n2)cc1. The summed E-state index contributed by atoms with van der Waals surface area (Å²) < 4.78 is 17.0. The summed E-state index contributed by atoms with van der Waals surface area (Å²) in [6, 6.07) is 22.3. The highest BCUT2D eigenvalue weighted by Crippen LogP contribution is 2.22. The maximum atomic E-state index is 13.4. The van der Waals surface area contributed by atoms with Gasteiger partial charge in [0.25, 0.3) is 5.91 Å². The van der Waals surface area contributed by atoms with E-state index in [0.717, 1.165) is 22.6 Å². The van der Waals surface area contributed by atoms with Gasteiger partial charge in [0.15, 0.2) is 0 Å². The second kappa shape index (κ2) is 11.1. The fourth-order valence-electron chi connectivity index (χ4n) is 3.43. The van der Waals surface area contributed by atoms with E-state index >= 15 is 0 Å². The zero-order valence-corrected chi connectivity index (χ0v) is 19.8. The molecule has 0 amide bonds. The van der Waals surface area contributed by atoms with Crippen molar-refractivity contribution in [3.63, 3.8) is 0 Å². The molecule has 0 saturated carbocycles. The number of benzene rings is 3. The number of nitrogens with zero attached hydrogens (tertiary/aromatic N) is 3. The minimum atomic E-state index is -0.357. The molecule has 9 heteroatoms. The van der Waals surface area contributed by atoms with Gasteiger partial charge in [0.05, 0.1) is 26.9 Å². The summed E-state index contributed by atoms with van der Waals surface area (Å²) >= 11 is 0. The van der Waals surface area contributed by atoms with E-state index < -0.39 is 0 Å². The first-order valence-electron chi connectivity index (χ1n) is 11.0. The number of methoxy groups -OCH3 is 3. The van der Waals surface area contributed by atoms with Crippen LogP contribution in [0.25, 0.3) is 0 Å². The normalized spacial score (nSPS) is 10.5. The molecule has 4 aromatic rings. The highest BCUT2D eigenvalue weighted by Gasteiger charge is 2.21. The number of nitrogens with one attached hydrogen (secondary N) is 2. The zero-order chi connectivity index (χ0) is 24.6. The van der Waals surface area contributed by atoms with Gasteiger partial charge in [-0.15, -0.1) is 5.10 Å². The largest absolute Gasteiger partial charge is 0.497 e. The van der Waals surface area contributed by atoms with Gasteiger partial charge in [-0.05, 0) is 47.5 Å². The van der Waals surface area contributed by atoms with Crippen molar-refractivity contribution < 1.29 is 19.0 Å². The van der Waals surface area contributed by atoms with Gasteiger partial charge in [-0.3, -0.25) is 4.79 Å². The van der Waals surface area contributed by atoms with Crippen molar-refractivity contribution in [3.8, 4) is 17.2 Å². The Morgan fingerprint density at radius 2 is 1.34 bits per heavy atom. The number of rotatable bonds is 10. The quantitative estimate of drug-likeness (QED) is 0.353. The van der Waals surface area contributed by atoms with Crippen LogP contribution >= 0.6 is 0 Å². The average Bonchev–Trinajstić information content (AvgIpc) is 3.34. The predicted octanol–water partition coefficient (Wildman–Crippen LogP) is 4.22. The summed E-state index contributed by atoms with van der Waals surface area (Å²) in [6.45, 7) is 0.925. The van der Waals surface area contributed by atoms with Gasteiger partial charge >= 0.3 is 0 Å². The van der Waals surface area contributed by atoms with Crippen molar-refractivity contribution in [1.29, 1.82) is 0 Å². The number of carbonyl (C=O) groups is 1. The van der Waals surface area contributed by atoms with E-state index in [-0.39, 0.29) is 5.91 Å². The van der Waals surface area contributed by atoms with Crippen molar-refractivity contribution >= 4 is 17.8 Å². The molecular formula is C26H27N5O4. The van der Waals surface area contributed by atoms with E-state index in [4.69, 9.17) is 14.2 Å². The lowest BCUT2D eigenvalue weighted by atomic mass is 10.2. The molecule has 0 radical (unpaired) electrons. The Kier molecular flexibility index (Phi) is 7.47. The van der Waals surface area contributed by atoms with Crippen molar-refractivity contribution in [2.45, 2.75) is 13.1 Å². The van der Waals surface area contributed by atoms with Gasteiger partial charge in [-0.2, -0.15) is 9.67 Å². The molecule has 35 heavy (non-hydrogen) atoms. The third-order valence-corrected chi connectivity index (χ3v) is 5.36. The lowest BCUT2D eigenvalue weighted by Gasteiger charge is -2.10. The first-order valence-corrected chi connectivity index (χ1v) is 11.0. The Labute approximate surface area is 203 Å². The Bertz CT molecular complexity index is 1270. The molecule has 0 saturated heterocycles. The topological polar surface area (TPSA) is 99.5 Å². The maximum absolute atomic E-state index is 13.4. The fraction of sp³-hybridized carbons (Fsp3) is 0.192. The van der Waals surface area contributed by atoms with Crippen molar-refractivity contribution in [3.05, 3.63) is 89.5 Å². The monoisotopic (exact) mass is 473 g/mol. The second-order valence-corrected chi connectivity index (χ2v) is 7.58. The van der Waals surface area contributed by atoms with E-state index in [0.29, 0.717) is 36.3 Å². The van der Waals surface area contributed by atoms with Gasteiger partial charge in [-0.1, -0.05) is 36.4 Å². The number of aromatic nitrogens is 3. The lowest BCUT2D eigenvalue weighted by Crippen LogP contribution is -2.18. The summed E-state index contributed by atoms with van der Waals surface area (Å²) in [7, 11) is 4.78. The number of para-hydroxylation sites is 1. The highest BCUT2D eigenvalue weighted by atomic mass is 16.5. The van der Waals surface area contributed by atoms with Gasteiger partial charge in [0, 0.05) is 13.1 Å². The molecule has 4 rings (SSSR count). The molecule has 0 bridgehead atoms. The van der Waals surface area contributed by atoms with Crippen LogP contribution in [0, 0.1) is 0 Å². The van der Waals surface area contributed by atoms with E-state index in [1.165, 1.54) is 11.8 Å². The molecular weight excluding hydrogens is 446 g/mol. The van der Waals surface area contributed by atoms with Gasteiger partial charge < -0.3 is 24.8 Å². The van der Waals surface area contributed by atoms with Crippen molar-refractivity contribution in [2.24, 2.45) is 0 Å². The van der Waals surface area contributed by atoms with Crippen LogP contribution < -0.4 is 24.8 Å². The summed E-state index contributed by atoms with van der Waals surface area (Å²) in [5.41, 5.74) is 2.40. The molecule has 0 spiro atoms. The Morgan fingerprint density at radius 1 is 0.771 bits per heavy atom. The number of ether oxygens (including phenoxy) is 3. The molecule has 0 atom stereocenters. The Hall–Kier alpha value is -4.53. The Morgan fingerprint density at radius 3 is 1.91 bits per heavy atom. The summed E-state index contributed by atoms with van der Waals surface area (Å²) in [6.07, 6.45) is 0. The molecule has 1 aromatic heterocycles. The fourth-order valence-corrected chi connectivity index (χ4v) is 3.43. The van der Waals surface area contributed by atoms with E-state index in [2.05, 4.69) is 20.7 Å². The maximum Gasteiger partial charge on any atom is 0.285 e. The van der Waals surface area contributed by atoms with Crippen LogP contribution in [-0.4, -0.2) is 42.0 Å². The first-order chi connectivity index (χ1) is 17.1. The number of anilines is 2. The minimum absolute atomic E-state index is 0.314. The van der Waals surface area contributed by atoms with Crippen LogP contribution in [-0.2, 0) is 13.1 Å². The van der Waals surface area contributed by atoms with Crippen LogP contribution in [0.15, 0.2) is 72.8 Å². The predicted molar refractivity (Wildman–Crippen MR) is 133 cm³/mol. The standard InChI is InChI=1S/C26H27N5O4/c1-33-20-12-8-18(9-13-20)16-27-25-29-26(28-17-19-10-14-21(34-2)15-11-19)31(30-25)24(32)22-6-4-5-7-23(22)35-3/h4-15H,16-17H2,1-3H3,(H2,27,28,29,30). The third kappa shape index (κ3) is 5.70. The van der Waals surface area contributed by atoms with E-state index in [9.17, 15) is 4.79 Å². The number of hydrogen-bond donors (Lipinski definition) is 2. The second-order valence-electron chi connectivity index (χ2n) is 7.58. The molecule has 3 aromatic carbocycles. The van der Waals surface area contributed by atoms with Crippen LogP contribution in [0.5, 0.6) is 17.2 Å². The van der Waals surface area contributed by atoms with Crippen LogP contribution in [0.4, 0.5) is 11.9 Å². The number of hydrogen-bond acceptors (Lipinski definition) is 8. The summed E-state index contributed by atoms with van der Waals surface area (Å²) in [4.78, 5) is 17.9. The van der Waals surface area contributed by atoms with Gasteiger partial charge in [0.1, 0.15) is 17.2 Å². The van der Waals surface area contributed by atoms with Gasteiger partial charge in [0.2, 0.25) is 11.9 Å². The molecule has 2 N–H and O–H groups in total. The molecule has 0 aliphatic heterocycles. The molecule has 180 valence electrons. The third-order valence-electron chi connectivity index (χ3n) is 5.36. The molecule has 0 aliphatic carbocycles. The van der Waals surface area contributed by atoms with E-state index in [1.807, 2.05) is 54.6 Å². The zero-order valence-electron chi connectivity index (χ0n) is 19.8. The summed E-state index contributed by atoms with van der Waals surface area (Å²) in [5, 5.41) is 10.8. The van der Waals surface area contributed by atoms with Crippen LogP contribution in [0.1, 0.15) is 21.5 Å². The smallest absolute Gasteiger partial charge is 0.285 e. The molecule has 0 unspecified atom stereocenters. The molecule has 9 nitrogen and oxygen atoms in total. The molecule has 1 heterocycles. The van der Waals surface area contributed by atoms with Gasteiger partial charge in [-0.25, -0.2) is 0 Å². The lowest BCUT2D eigenvalue weighted by molar-refractivity contribution is 0.0944. The minimum Gasteiger partial charge on any atom is -0.497 e. The van der Waals surface area contributed by atoms with Crippen molar-refractivity contribution in [2.75, 3.05) is 32.0 Å². The van der Waals surface area contributed by atoms with Crippen LogP contribution in [0.2, 0.25) is 0 Å². The molecule has 0 aliphatic rings. The Balaban J connectivity index is 1.57. The first kappa shape index (κ1) is 23.6.